The molecule has 0 aromatic carbocycles. The third-order valence-corrected chi connectivity index (χ3v) is 5.25. The molecule has 0 saturated carbocycles. The number of hydrogen-bond acceptors (Lipinski definition) is 5. The first-order valence-corrected chi connectivity index (χ1v) is 7.58. The monoisotopic (exact) mass is 285 g/mol. The highest BCUT2D eigenvalue weighted by Crippen LogP contribution is 2.31. The molecule has 1 aromatic heterocycles. The summed E-state index contributed by atoms with van der Waals surface area (Å²) in [6.45, 7) is 4.33. The van der Waals surface area contributed by atoms with Gasteiger partial charge >= 0.3 is 0 Å². The second kappa shape index (κ2) is 5.15. The van der Waals surface area contributed by atoms with Crippen LogP contribution in [0.3, 0.4) is 0 Å². The van der Waals surface area contributed by atoms with Gasteiger partial charge in [0.05, 0.1) is 0 Å². The molecule has 2 aliphatic rings. The molecular weight excluding hydrogens is 270 g/mol. The number of hydrogen-bond donors (Lipinski definition) is 0. The van der Waals surface area contributed by atoms with Crippen molar-refractivity contribution in [2.45, 2.75) is 25.3 Å². The molecule has 98 valence electrons. The Morgan fingerprint density at radius 1 is 1.33 bits per heavy atom. The first-order chi connectivity index (χ1) is 8.78. The van der Waals surface area contributed by atoms with Crippen LogP contribution in [-0.2, 0) is 0 Å². The molecular formula is C12H16ClN3OS. The maximum absolute atomic E-state index is 10.8. The molecule has 1 unspecified atom stereocenters. The number of anilines is 1. The zero-order valence-corrected chi connectivity index (χ0v) is 11.7. The zero-order valence-electron chi connectivity index (χ0n) is 10.1. The van der Waals surface area contributed by atoms with E-state index in [0.717, 1.165) is 31.1 Å². The molecule has 1 aromatic rings. The van der Waals surface area contributed by atoms with Crippen LogP contribution in [0.15, 0.2) is 0 Å². The number of carbonyl (C=O) groups is 1. The van der Waals surface area contributed by atoms with E-state index in [4.69, 9.17) is 11.6 Å². The molecule has 18 heavy (non-hydrogen) atoms. The zero-order chi connectivity index (χ0) is 12.5. The topological polar surface area (TPSA) is 36.4 Å². The molecule has 2 saturated heterocycles. The summed E-state index contributed by atoms with van der Waals surface area (Å²) >= 11 is 7.33. The summed E-state index contributed by atoms with van der Waals surface area (Å²) in [6, 6.07) is 0.648. The Morgan fingerprint density at radius 3 is 3.00 bits per heavy atom. The van der Waals surface area contributed by atoms with E-state index in [1.165, 1.54) is 37.1 Å². The van der Waals surface area contributed by atoms with Gasteiger partial charge in [-0.25, -0.2) is 4.98 Å². The first-order valence-electron chi connectivity index (χ1n) is 6.38. The molecule has 0 bridgehead atoms. The van der Waals surface area contributed by atoms with Gasteiger partial charge in [-0.15, -0.1) is 0 Å². The van der Waals surface area contributed by atoms with Crippen molar-refractivity contribution in [2.75, 3.05) is 31.1 Å². The van der Waals surface area contributed by atoms with E-state index in [2.05, 4.69) is 14.8 Å². The predicted molar refractivity (Wildman–Crippen MR) is 73.9 cm³/mol. The van der Waals surface area contributed by atoms with Crippen molar-refractivity contribution in [2.24, 2.45) is 0 Å². The molecule has 2 aliphatic heterocycles. The van der Waals surface area contributed by atoms with Crippen molar-refractivity contribution in [3.8, 4) is 0 Å². The molecule has 4 nitrogen and oxygen atoms in total. The fourth-order valence-electron chi connectivity index (χ4n) is 2.84. The Bertz CT molecular complexity index is 451. The van der Waals surface area contributed by atoms with Gasteiger partial charge in [-0.3, -0.25) is 9.69 Å². The number of piperazine rings is 1. The van der Waals surface area contributed by atoms with E-state index in [1.54, 1.807) is 0 Å². The lowest BCUT2D eigenvalue weighted by Gasteiger charge is -2.43. The van der Waals surface area contributed by atoms with Gasteiger partial charge in [-0.05, 0) is 19.4 Å². The van der Waals surface area contributed by atoms with Crippen LogP contribution in [0, 0.1) is 0 Å². The second-order valence-electron chi connectivity index (χ2n) is 4.90. The lowest BCUT2D eigenvalue weighted by molar-refractivity contribution is 0.112. The summed E-state index contributed by atoms with van der Waals surface area (Å²) in [6.07, 6.45) is 4.72. The Kier molecular flexibility index (Phi) is 3.54. The highest BCUT2D eigenvalue weighted by molar-refractivity contribution is 7.17. The lowest BCUT2D eigenvalue weighted by Crippen LogP contribution is -2.54. The standard InChI is InChI=1S/C12H16ClN3OS/c13-11-10(8-17)18-12(14-11)16-6-5-15-4-2-1-3-9(15)7-16/h8-9H,1-7H2. The Morgan fingerprint density at radius 2 is 2.22 bits per heavy atom. The van der Waals surface area contributed by atoms with E-state index in [0.29, 0.717) is 16.1 Å². The van der Waals surface area contributed by atoms with Crippen LogP contribution in [-0.4, -0.2) is 48.4 Å². The van der Waals surface area contributed by atoms with Gasteiger partial charge in [0.1, 0.15) is 4.88 Å². The van der Waals surface area contributed by atoms with Gasteiger partial charge < -0.3 is 4.90 Å². The minimum Gasteiger partial charge on any atom is -0.345 e. The summed E-state index contributed by atoms with van der Waals surface area (Å²) < 4.78 is 0. The molecule has 6 heteroatoms. The smallest absolute Gasteiger partial charge is 0.187 e. The van der Waals surface area contributed by atoms with Crippen molar-refractivity contribution >= 4 is 34.4 Å². The predicted octanol–water partition coefficient (Wildman–Crippen LogP) is 2.28. The highest BCUT2D eigenvalue weighted by atomic mass is 35.5. The summed E-state index contributed by atoms with van der Waals surface area (Å²) in [7, 11) is 0. The van der Waals surface area contributed by atoms with Crippen molar-refractivity contribution in [1.82, 2.24) is 9.88 Å². The number of fused-ring (bicyclic) bond motifs is 1. The fraction of sp³-hybridized carbons (Fsp3) is 0.667. The van der Waals surface area contributed by atoms with Gasteiger partial charge in [-0.2, -0.15) is 0 Å². The van der Waals surface area contributed by atoms with Crippen molar-refractivity contribution in [1.29, 1.82) is 0 Å². The van der Waals surface area contributed by atoms with Crippen LogP contribution < -0.4 is 4.90 Å². The molecule has 0 N–H and O–H groups in total. The summed E-state index contributed by atoms with van der Waals surface area (Å²) in [5.74, 6) is 0. The van der Waals surface area contributed by atoms with E-state index in [9.17, 15) is 4.79 Å². The van der Waals surface area contributed by atoms with Gasteiger partial charge in [0.25, 0.3) is 0 Å². The largest absolute Gasteiger partial charge is 0.345 e. The Labute approximate surface area is 116 Å². The normalized spacial score (nSPS) is 24.9. The summed E-state index contributed by atoms with van der Waals surface area (Å²) in [5, 5.41) is 1.24. The van der Waals surface area contributed by atoms with Gasteiger partial charge in [0, 0.05) is 25.7 Å². The lowest BCUT2D eigenvalue weighted by atomic mass is 10.00. The van der Waals surface area contributed by atoms with E-state index in [-0.39, 0.29) is 0 Å². The van der Waals surface area contributed by atoms with Crippen LogP contribution >= 0.6 is 22.9 Å². The minimum atomic E-state index is 0.344. The number of piperidine rings is 1. The molecule has 2 fully saturated rings. The van der Waals surface area contributed by atoms with Crippen LogP contribution in [0.1, 0.15) is 28.9 Å². The van der Waals surface area contributed by atoms with Gasteiger partial charge in [-0.1, -0.05) is 29.4 Å². The maximum atomic E-state index is 10.8. The SMILES string of the molecule is O=Cc1sc(N2CCN3CCCCC3C2)nc1Cl. The van der Waals surface area contributed by atoms with Crippen molar-refractivity contribution in [3.63, 3.8) is 0 Å². The van der Waals surface area contributed by atoms with Crippen molar-refractivity contribution < 1.29 is 4.79 Å². The van der Waals surface area contributed by atoms with Crippen molar-refractivity contribution in [3.05, 3.63) is 10.0 Å². The highest BCUT2D eigenvalue weighted by Gasteiger charge is 2.30. The molecule has 1 atom stereocenters. The molecule has 0 radical (unpaired) electrons. The maximum Gasteiger partial charge on any atom is 0.187 e. The molecule has 0 spiro atoms. The number of rotatable bonds is 2. The van der Waals surface area contributed by atoms with Gasteiger partial charge in [0.2, 0.25) is 0 Å². The Balaban J connectivity index is 1.74. The quantitative estimate of drug-likeness (QED) is 0.781. The van der Waals surface area contributed by atoms with E-state index in [1.807, 2.05) is 0 Å². The molecule has 0 aliphatic carbocycles. The van der Waals surface area contributed by atoms with E-state index < -0.39 is 0 Å². The van der Waals surface area contributed by atoms with Crippen LogP contribution in [0.5, 0.6) is 0 Å². The van der Waals surface area contributed by atoms with E-state index >= 15 is 0 Å². The van der Waals surface area contributed by atoms with Gasteiger partial charge in [0.15, 0.2) is 16.6 Å². The molecule has 0 amide bonds. The number of carbonyl (C=O) groups excluding carboxylic acids is 1. The molecule has 3 rings (SSSR count). The average molecular weight is 286 g/mol. The number of thiazole rings is 1. The number of aldehydes is 1. The van der Waals surface area contributed by atoms with Crippen LogP contribution in [0.25, 0.3) is 0 Å². The second-order valence-corrected chi connectivity index (χ2v) is 6.27. The average Bonchev–Trinajstić information content (AvgIpc) is 2.79. The van der Waals surface area contributed by atoms with Crippen LogP contribution in [0.4, 0.5) is 5.13 Å². The third kappa shape index (κ3) is 2.27. The number of nitrogens with zero attached hydrogens (tertiary/aromatic N) is 3. The molecule has 3 heterocycles. The Hall–Kier alpha value is -0.650. The number of aromatic nitrogens is 1. The minimum absolute atomic E-state index is 0.344. The summed E-state index contributed by atoms with van der Waals surface area (Å²) in [4.78, 5) is 20.5. The fourth-order valence-corrected chi connectivity index (χ4v) is 3.94. The third-order valence-electron chi connectivity index (χ3n) is 3.81. The van der Waals surface area contributed by atoms with Crippen LogP contribution in [0.2, 0.25) is 5.15 Å². The summed E-state index contributed by atoms with van der Waals surface area (Å²) in [5.41, 5.74) is 0. The number of halogens is 1. The first kappa shape index (κ1) is 12.4.